The van der Waals surface area contributed by atoms with E-state index in [9.17, 15) is 4.79 Å². The molecular weight excluding hydrogens is 220 g/mol. The van der Waals surface area contributed by atoms with E-state index in [1.807, 2.05) is 35.7 Å². The second-order valence-corrected chi connectivity index (χ2v) is 3.85. The lowest BCUT2D eigenvalue weighted by atomic mass is 10.3. The Morgan fingerprint density at radius 2 is 2.19 bits per heavy atom. The van der Waals surface area contributed by atoms with Crippen LogP contribution in [-0.4, -0.2) is 12.6 Å². The van der Waals surface area contributed by atoms with E-state index in [4.69, 9.17) is 4.74 Å². The summed E-state index contributed by atoms with van der Waals surface area (Å²) in [6.07, 6.45) is 10.7. The Morgan fingerprint density at radius 3 is 2.88 bits per heavy atom. The molecule has 1 heterocycles. The third-order valence-corrected chi connectivity index (χ3v) is 2.49. The number of thiophene rings is 1. The fraction of sp³-hybridized carbons (Fsp3) is 0.154. The average molecular weight is 234 g/mol. The van der Waals surface area contributed by atoms with Crippen molar-refractivity contribution in [2.45, 2.75) is 6.92 Å². The van der Waals surface area contributed by atoms with Crippen molar-refractivity contribution in [3.8, 4) is 0 Å². The van der Waals surface area contributed by atoms with Gasteiger partial charge in [-0.25, -0.2) is 4.79 Å². The van der Waals surface area contributed by atoms with Crippen molar-refractivity contribution < 1.29 is 9.53 Å². The third kappa shape index (κ3) is 5.32. The molecule has 0 N–H and O–H groups in total. The first kappa shape index (κ1) is 12.5. The monoisotopic (exact) mass is 234 g/mol. The van der Waals surface area contributed by atoms with Crippen molar-refractivity contribution in [2.24, 2.45) is 0 Å². The highest BCUT2D eigenvalue weighted by Gasteiger charge is 1.89. The molecule has 2 nitrogen and oxygen atoms in total. The number of esters is 1. The minimum atomic E-state index is -0.311. The maximum absolute atomic E-state index is 10.9. The molecule has 0 radical (unpaired) electrons. The number of rotatable bonds is 5. The predicted octanol–water partition coefficient (Wildman–Crippen LogP) is 3.44. The van der Waals surface area contributed by atoms with E-state index in [0.29, 0.717) is 6.61 Å². The van der Waals surface area contributed by atoms with Crippen LogP contribution in [0.1, 0.15) is 11.8 Å². The van der Waals surface area contributed by atoms with Gasteiger partial charge in [0.05, 0.1) is 6.61 Å². The summed E-state index contributed by atoms with van der Waals surface area (Å²) in [6.45, 7) is 2.19. The molecule has 0 aliphatic rings. The van der Waals surface area contributed by atoms with Crippen LogP contribution >= 0.6 is 11.3 Å². The second-order valence-electron chi connectivity index (χ2n) is 2.87. The van der Waals surface area contributed by atoms with Gasteiger partial charge in [-0.2, -0.15) is 0 Å². The third-order valence-electron chi connectivity index (χ3n) is 1.66. The van der Waals surface area contributed by atoms with Gasteiger partial charge in [-0.15, -0.1) is 11.3 Å². The van der Waals surface area contributed by atoms with Crippen LogP contribution < -0.4 is 0 Å². The van der Waals surface area contributed by atoms with Crippen molar-refractivity contribution >= 4 is 23.4 Å². The van der Waals surface area contributed by atoms with E-state index in [-0.39, 0.29) is 5.97 Å². The molecule has 0 aliphatic carbocycles. The first-order valence-electron chi connectivity index (χ1n) is 5.04. The summed E-state index contributed by atoms with van der Waals surface area (Å²) in [5, 5.41) is 2.03. The van der Waals surface area contributed by atoms with Gasteiger partial charge in [-0.3, -0.25) is 0 Å². The zero-order chi connectivity index (χ0) is 11.6. The molecular formula is C13H14O2S. The van der Waals surface area contributed by atoms with Gasteiger partial charge in [0, 0.05) is 11.0 Å². The second kappa shape index (κ2) is 7.65. The van der Waals surface area contributed by atoms with Crippen LogP contribution in [0.15, 0.2) is 47.9 Å². The van der Waals surface area contributed by atoms with Crippen LogP contribution in [0, 0.1) is 0 Å². The highest BCUT2D eigenvalue weighted by atomic mass is 32.1. The molecule has 1 rings (SSSR count). The molecule has 0 saturated heterocycles. The molecule has 0 fully saturated rings. The van der Waals surface area contributed by atoms with E-state index < -0.39 is 0 Å². The van der Waals surface area contributed by atoms with Crippen LogP contribution in [0.5, 0.6) is 0 Å². The molecule has 1 aromatic heterocycles. The lowest BCUT2D eigenvalue weighted by Crippen LogP contribution is -1.98. The summed E-state index contributed by atoms with van der Waals surface area (Å²) in [5.41, 5.74) is 0. The molecule has 0 unspecified atom stereocenters. The maximum atomic E-state index is 10.9. The Balaban J connectivity index is 2.30. The number of carbonyl (C=O) groups excluding carboxylic acids is 1. The van der Waals surface area contributed by atoms with Crippen LogP contribution in [-0.2, 0) is 9.53 Å². The van der Waals surface area contributed by atoms with Gasteiger partial charge in [0.25, 0.3) is 0 Å². The van der Waals surface area contributed by atoms with Crippen LogP contribution in [0.2, 0.25) is 0 Å². The van der Waals surface area contributed by atoms with E-state index in [2.05, 4.69) is 0 Å². The summed E-state index contributed by atoms with van der Waals surface area (Å²) < 4.78 is 4.73. The van der Waals surface area contributed by atoms with E-state index in [0.717, 1.165) is 0 Å². The van der Waals surface area contributed by atoms with Gasteiger partial charge < -0.3 is 4.74 Å². The molecule has 0 amide bonds. The van der Waals surface area contributed by atoms with E-state index in [1.165, 1.54) is 11.0 Å². The molecule has 3 heteroatoms. The van der Waals surface area contributed by atoms with Crippen molar-refractivity contribution in [2.75, 3.05) is 6.61 Å². The van der Waals surface area contributed by atoms with Crippen LogP contribution in [0.3, 0.4) is 0 Å². The van der Waals surface area contributed by atoms with Gasteiger partial charge in [-0.05, 0) is 24.4 Å². The van der Waals surface area contributed by atoms with Gasteiger partial charge in [0.15, 0.2) is 0 Å². The summed E-state index contributed by atoms with van der Waals surface area (Å²) in [7, 11) is 0. The maximum Gasteiger partial charge on any atom is 0.330 e. The topological polar surface area (TPSA) is 26.3 Å². The number of hydrogen-bond donors (Lipinski definition) is 0. The number of allylic oxidation sites excluding steroid dienone is 4. The SMILES string of the molecule is CCOC(=O)C=CC=CC=Cc1cccs1. The Bertz CT molecular complexity index is 386. The summed E-state index contributed by atoms with van der Waals surface area (Å²) in [4.78, 5) is 12.1. The Labute approximate surface area is 99.6 Å². The van der Waals surface area contributed by atoms with Gasteiger partial charge >= 0.3 is 5.97 Å². The smallest absolute Gasteiger partial charge is 0.330 e. The molecule has 84 valence electrons. The number of hydrogen-bond acceptors (Lipinski definition) is 3. The molecule has 16 heavy (non-hydrogen) atoms. The van der Waals surface area contributed by atoms with Crippen molar-refractivity contribution in [3.05, 3.63) is 52.8 Å². The molecule has 0 bridgehead atoms. The highest BCUT2D eigenvalue weighted by Crippen LogP contribution is 2.09. The summed E-state index contributed by atoms with van der Waals surface area (Å²) in [5.74, 6) is -0.311. The highest BCUT2D eigenvalue weighted by molar-refractivity contribution is 7.10. The lowest BCUT2D eigenvalue weighted by Gasteiger charge is -1.92. The fourth-order valence-electron chi connectivity index (χ4n) is 0.989. The quantitative estimate of drug-likeness (QED) is 0.443. The Hall–Kier alpha value is -1.61. The number of carbonyl (C=O) groups is 1. The van der Waals surface area contributed by atoms with Crippen molar-refractivity contribution in [1.29, 1.82) is 0 Å². The number of ether oxygens (including phenoxy) is 1. The standard InChI is InChI=1S/C13H14O2S/c1-2-15-13(14)10-6-4-3-5-8-12-9-7-11-16-12/h3-11H,2H2,1H3. The zero-order valence-electron chi connectivity index (χ0n) is 9.13. The van der Waals surface area contributed by atoms with Crippen LogP contribution in [0.25, 0.3) is 6.08 Å². The molecule has 0 aromatic carbocycles. The first-order chi connectivity index (χ1) is 7.83. The van der Waals surface area contributed by atoms with Gasteiger partial charge in [0.1, 0.15) is 0 Å². The largest absolute Gasteiger partial charge is 0.463 e. The summed E-state index contributed by atoms with van der Waals surface area (Å²) >= 11 is 1.69. The minimum Gasteiger partial charge on any atom is -0.463 e. The van der Waals surface area contributed by atoms with Crippen molar-refractivity contribution in [3.63, 3.8) is 0 Å². The normalized spacial score (nSPS) is 11.8. The lowest BCUT2D eigenvalue weighted by molar-refractivity contribution is -0.137. The van der Waals surface area contributed by atoms with Crippen LogP contribution in [0.4, 0.5) is 0 Å². The molecule has 0 atom stereocenters. The molecule has 1 aromatic rings. The zero-order valence-corrected chi connectivity index (χ0v) is 9.94. The van der Waals surface area contributed by atoms with E-state index >= 15 is 0 Å². The average Bonchev–Trinajstić information content (AvgIpc) is 2.76. The van der Waals surface area contributed by atoms with E-state index in [1.54, 1.807) is 30.4 Å². The van der Waals surface area contributed by atoms with Gasteiger partial charge in [0.2, 0.25) is 0 Å². The fourth-order valence-corrected chi connectivity index (χ4v) is 1.62. The predicted molar refractivity (Wildman–Crippen MR) is 68.3 cm³/mol. The molecule has 0 saturated carbocycles. The first-order valence-corrected chi connectivity index (χ1v) is 5.92. The van der Waals surface area contributed by atoms with Gasteiger partial charge in [-0.1, -0.05) is 30.4 Å². The van der Waals surface area contributed by atoms with Crippen molar-refractivity contribution in [1.82, 2.24) is 0 Å². The Kier molecular flexibility index (Phi) is 5.96. The minimum absolute atomic E-state index is 0.311. The Morgan fingerprint density at radius 1 is 1.38 bits per heavy atom. The summed E-state index contributed by atoms with van der Waals surface area (Å²) in [6, 6.07) is 4.05. The molecule has 0 aliphatic heterocycles. The molecule has 0 spiro atoms.